The zero-order valence-electron chi connectivity index (χ0n) is 12.9. The van der Waals surface area contributed by atoms with Crippen molar-refractivity contribution >= 4 is 15.7 Å². The maximum Gasteiger partial charge on any atom is 0.238 e. The number of unbranched alkanes of at least 4 members (excludes halogenated alkanes) is 5. The van der Waals surface area contributed by atoms with E-state index < -0.39 is 10.0 Å². The third kappa shape index (κ3) is 6.35. The number of nitrogens with one attached hydrogen (secondary N) is 1. The van der Waals surface area contributed by atoms with Crippen LogP contribution in [0.2, 0.25) is 0 Å². The first-order valence-corrected chi connectivity index (χ1v) is 8.98. The molecule has 3 N–H and O–H groups in total. The number of primary sulfonamides is 1. The molecule has 0 aliphatic heterocycles. The maximum absolute atomic E-state index is 11.4. The van der Waals surface area contributed by atoms with Gasteiger partial charge in [-0.3, -0.25) is 0 Å². The first-order valence-electron chi connectivity index (χ1n) is 7.43. The highest BCUT2D eigenvalue weighted by Gasteiger charge is 2.11. The van der Waals surface area contributed by atoms with Gasteiger partial charge < -0.3 is 10.1 Å². The fraction of sp³-hybridized carbons (Fsp3) is 0.600. The van der Waals surface area contributed by atoms with E-state index in [1.807, 2.05) is 0 Å². The van der Waals surface area contributed by atoms with Crippen molar-refractivity contribution in [3.8, 4) is 5.75 Å². The van der Waals surface area contributed by atoms with E-state index in [1.54, 1.807) is 13.2 Å². The SMILES string of the molecule is CCCCCCCCNc1cc(S(N)(=O)=O)ccc1OC. The Labute approximate surface area is 127 Å². The van der Waals surface area contributed by atoms with Crippen molar-refractivity contribution in [2.45, 2.75) is 50.3 Å². The third-order valence-electron chi connectivity index (χ3n) is 3.35. The van der Waals surface area contributed by atoms with Crippen LogP contribution in [0.1, 0.15) is 45.4 Å². The Bertz CT molecular complexity index is 530. The number of sulfonamides is 1. The van der Waals surface area contributed by atoms with Gasteiger partial charge in [0.05, 0.1) is 17.7 Å². The summed E-state index contributed by atoms with van der Waals surface area (Å²) in [7, 11) is -2.13. The number of rotatable bonds is 10. The smallest absolute Gasteiger partial charge is 0.238 e. The summed E-state index contributed by atoms with van der Waals surface area (Å²) < 4.78 is 28.0. The Balaban J connectivity index is 2.53. The molecule has 0 atom stereocenters. The number of anilines is 1. The highest BCUT2D eigenvalue weighted by molar-refractivity contribution is 7.89. The highest BCUT2D eigenvalue weighted by atomic mass is 32.2. The van der Waals surface area contributed by atoms with Crippen LogP contribution < -0.4 is 15.2 Å². The molecule has 0 aliphatic rings. The minimum atomic E-state index is -3.69. The van der Waals surface area contributed by atoms with E-state index in [2.05, 4.69) is 12.2 Å². The van der Waals surface area contributed by atoms with Crippen LogP contribution in [0.25, 0.3) is 0 Å². The van der Waals surface area contributed by atoms with Gasteiger partial charge in [0.25, 0.3) is 0 Å². The van der Waals surface area contributed by atoms with Crippen LogP contribution in [0.15, 0.2) is 23.1 Å². The lowest BCUT2D eigenvalue weighted by molar-refractivity contribution is 0.416. The summed E-state index contributed by atoms with van der Waals surface area (Å²) in [6, 6.07) is 4.58. The summed E-state index contributed by atoms with van der Waals surface area (Å²) in [6.07, 6.45) is 7.27. The molecule has 0 saturated carbocycles. The lowest BCUT2D eigenvalue weighted by atomic mass is 10.1. The second-order valence-corrected chi connectivity index (χ2v) is 6.66. The molecule has 0 unspecified atom stereocenters. The molecule has 120 valence electrons. The summed E-state index contributed by atoms with van der Waals surface area (Å²) in [5.74, 6) is 0.619. The molecule has 0 saturated heterocycles. The van der Waals surface area contributed by atoms with Gasteiger partial charge >= 0.3 is 0 Å². The number of hydrogen-bond acceptors (Lipinski definition) is 4. The van der Waals surface area contributed by atoms with E-state index >= 15 is 0 Å². The van der Waals surface area contributed by atoms with Gasteiger partial charge in [0.1, 0.15) is 5.75 Å². The molecule has 1 aromatic rings. The van der Waals surface area contributed by atoms with Gasteiger partial charge in [0.15, 0.2) is 0 Å². The normalized spacial score (nSPS) is 11.4. The zero-order valence-corrected chi connectivity index (χ0v) is 13.7. The maximum atomic E-state index is 11.4. The van der Waals surface area contributed by atoms with Crippen molar-refractivity contribution in [1.29, 1.82) is 0 Å². The van der Waals surface area contributed by atoms with Crippen LogP contribution in [0.4, 0.5) is 5.69 Å². The van der Waals surface area contributed by atoms with Crippen molar-refractivity contribution in [1.82, 2.24) is 0 Å². The van der Waals surface area contributed by atoms with Crippen molar-refractivity contribution in [3.63, 3.8) is 0 Å². The van der Waals surface area contributed by atoms with E-state index in [-0.39, 0.29) is 4.90 Å². The Morgan fingerprint density at radius 2 is 1.81 bits per heavy atom. The van der Waals surface area contributed by atoms with Gasteiger partial charge in [-0.05, 0) is 24.6 Å². The van der Waals surface area contributed by atoms with E-state index in [1.165, 1.54) is 44.2 Å². The molecule has 21 heavy (non-hydrogen) atoms. The molecule has 0 aromatic heterocycles. The summed E-state index contributed by atoms with van der Waals surface area (Å²) in [5.41, 5.74) is 0.664. The quantitative estimate of drug-likeness (QED) is 0.650. The molecule has 0 fully saturated rings. The van der Waals surface area contributed by atoms with Crippen molar-refractivity contribution in [3.05, 3.63) is 18.2 Å². The molecular weight excluding hydrogens is 288 g/mol. The molecule has 1 rings (SSSR count). The van der Waals surface area contributed by atoms with Crippen LogP contribution >= 0.6 is 0 Å². The molecule has 0 radical (unpaired) electrons. The Kier molecular flexibility index (Phi) is 7.53. The van der Waals surface area contributed by atoms with Crippen LogP contribution in [-0.4, -0.2) is 22.1 Å². The number of nitrogens with two attached hydrogens (primary N) is 1. The fourth-order valence-corrected chi connectivity index (χ4v) is 2.67. The Hall–Kier alpha value is -1.27. The van der Waals surface area contributed by atoms with E-state index in [4.69, 9.17) is 9.88 Å². The predicted octanol–water partition coefficient (Wildman–Crippen LogP) is 3.12. The standard InChI is InChI=1S/C15H26N2O3S/c1-3-4-5-6-7-8-11-17-14-12-13(21(16,18)19)9-10-15(14)20-2/h9-10,12,17H,3-8,11H2,1-2H3,(H2,16,18,19). The largest absolute Gasteiger partial charge is 0.495 e. The topological polar surface area (TPSA) is 81.4 Å². The minimum absolute atomic E-state index is 0.0914. The number of benzene rings is 1. The number of methoxy groups -OCH3 is 1. The summed E-state index contributed by atoms with van der Waals surface area (Å²) in [5, 5.41) is 8.37. The Morgan fingerprint density at radius 3 is 2.43 bits per heavy atom. The average molecular weight is 314 g/mol. The molecule has 0 aliphatic carbocycles. The monoisotopic (exact) mass is 314 g/mol. The minimum Gasteiger partial charge on any atom is -0.495 e. The first-order chi connectivity index (χ1) is 9.99. The zero-order chi connectivity index (χ0) is 15.7. The average Bonchev–Trinajstić information content (AvgIpc) is 2.45. The number of ether oxygens (including phenoxy) is 1. The van der Waals surface area contributed by atoms with Gasteiger partial charge in [-0.1, -0.05) is 39.0 Å². The van der Waals surface area contributed by atoms with Crippen molar-refractivity contribution in [2.24, 2.45) is 5.14 Å². The summed E-state index contributed by atoms with van der Waals surface area (Å²) >= 11 is 0. The van der Waals surface area contributed by atoms with E-state index in [0.29, 0.717) is 11.4 Å². The van der Waals surface area contributed by atoms with Gasteiger partial charge in [-0.15, -0.1) is 0 Å². The van der Waals surface area contributed by atoms with Gasteiger partial charge in [-0.2, -0.15) is 0 Å². The van der Waals surface area contributed by atoms with Crippen LogP contribution in [0.3, 0.4) is 0 Å². The van der Waals surface area contributed by atoms with Crippen LogP contribution in [0, 0.1) is 0 Å². The summed E-state index contributed by atoms with van der Waals surface area (Å²) in [4.78, 5) is 0.0914. The molecule has 0 heterocycles. The molecule has 0 spiro atoms. The third-order valence-corrected chi connectivity index (χ3v) is 4.26. The van der Waals surface area contributed by atoms with Gasteiger partial charge in [-0.25, -0.2) is 13.6 Å². The van der Waals surface area contributed by atoms with E-state index in [9.17, 15) is 8.42 Å². The lowest BCUT2D eigenvalue weighted by Gasteiger charge is -2.12. The molecule has 0 amide bonds. The lowest BCUT2D eigenvalue weighted by Crippen LogP contribution is -2.13. The molecular formula is C15H26N2O3S. The van der Waals surface area contributed by atoms with Crippen LogP contribution in [0.5, 0.6) is 5.75 Å². The van der Waals surface area contributed by atoms with E-state index in [0.717, 1.165) is 13.0 Å². The van der Waals surface area contributed by atoms with Crippen molar-refractivity contribution < 1.29 is 13.2 Å². The Morgan fingerprint density at radius 1 is 1.14 bits per heavy atom. The highest BCUT2D eigenvalue weighted by Crippen LogP contribution is 2.27. The molecule has 6 heteroatoms. The predicted molar refractivity (Wildman–Crippen MR) is 86.2 cm³/mol. The summed E-state index contributed by atoms with van der Waals surface area (Å²) in [6.45, 7) is 2.99. The van der Waals surface area contributed by atoms with Gasteiger partial charge in [0, 0.05) is 6.54 Å². The first kappa shape index (κ1) is 17.8. The fourth-order valence-electron chi connectivity index (χ4n) is 2.13. The second kappa shape index (κ2) is 8.89. The number of hydrogen-bond donors (Lipinski definition) is 2. The van der Waals surface area contributed by atoms with Crippen LogP contribution in [-0.2, 0) is 10.0 Å². The molecule has 5 nitrogen and oxygen atoms in total. The van der Waals surface area contributed by atoms with Gasteiger partial charge in [0.2, 0.25) is 10.0 Å². The molecule has 0 bridgehead atoms. The van der Waals surface area contributed by atoms with Crippen molar-refractivity contribution in [2.75, 3.05) is 19.0 Å². The molecule has 1 aromatic carbocycles. The second-order valence-electron chi connectivity index (χ2n) is 5.10.